The van der Waals surface area contributed by atoms with Gasteiger partial charge < -0.3 is 16.0 Å². The molecular formula is C21H21N3O2. The van der Waals surface area contributed by atoms with Crippen molar-refractivity contribution in [1.82, 2.24) is 4.98 Å². The fourth-order valence-corrected chi connectivity index (χ4v) is 3.80. The molecule has 0 spiro atoms. The Hall–Kier alpha value is -3.08. The Morgan fingerprint density at radius 2 is 1.88 bits per heavy atom. The number of para-hydroxylation sites is 2. The Morgan fingerprint density at radius 1 is 1.12 bits per heavy atom. The van der Waals surface area contributed by atoms with Crippen molar-refractivity contribution < 1.29 is 9.59 Å². The number of carbonyl (C=O) groups excluding carboxylic acids is 2. The van der Waals surface area contributed by atoms with E-state index in [9.17, 15) is 9.59 Å². The molecule has 0 aliphatic heterocycles. The molecule has 1 aromatic heterocycles. The number of carbonyl (C=O) groups is 2. The minimum absolute atomic E-state index is 0.254. The van der Waals surface area contributed by atoms with E-state index in [1.807, 2.05) is 6.07 Å². The second-order valence-corrected chi connectivity index (χ2v) is 7.02. The zero-order valence-corrected chi connectivity index (χ0v) is 14.6. The topological polar surface area (TPSA) is 88.0 Å². The largest absolute Gasteiger partial charge is 0.366 e. The van der Waals surface area contributed by atoms with E-state index >= 15 is 0 Å². The Labute approximate surface area is 151 Å². The van der Waals surface area contributed by atoms with Crippen molar-refractivity contribution in [2.24, 2.45) is 11.7 Å². The molecule has 0 saturated carbocycles. The number of hydrogen-bond acceptors (Lipinski definition) is 2. The van der Waals surface area contributed by atoms with Gasteiger partial charge >= 0.3 is 0 Å². The second-order valence-electron chi connectivity index (χ2n) is 7.02. The molecule has 4 rings (SSSR count). The summed E-state index contributed by atoms with van der Waals surface area (Å²) >= 11 is 0. The van der Waals surface area contributed by atoms with Gasteiger partial charge in [-0.25, -0.2) is 0 Å². The molecule has 1 heterocycles. The number of amides is 2. The molecule has 132 valence electrons. The van der Waals surface area contributed by atoms with Crippen LogP contribution in [0.3, 0.4) is 0 Å². The molecule has 2 amide bonds. The van der Waals surface area contributed by atoms with Gasteiger partial charge in [-0.3, -0.25) is 9.59 Å². The van der Waals surface area contributed by atoms with Crippen molar-refractivity contribution in [3.05, 3.63) is 64.8 Å². The number of aromatic amines is 1. The predicted octanol–water partition coefficient (Wildman–Crippen LogP) is 3.64. The van der Waals surface area contributed by atoms with Crippen molar-refractivity contribution in [3.63, 3.8) is 0 Å². The molecule has 0 radical (unpaired) electrons. The first kappa shape index (κ1) is 16.4. The van der Waals surface area contributed by atoms with Crippen LogP contribution in [0.5, 0.6) is 0 Å². The van der Waals surface area contributed by atoms with E-state index in [1.54, 1.807) is 30.3 Å². The van der Waals surface area contributed by atoms with Crippen LogP contribution in [0.15, 0.2) is 42.5 Å². The molecule has 0 saturated heterocycles. The molecule has 1 aliphatic rings. The lowest BCUT2D eigenvalue weighted by Gasteiger charge is -2.17. The first-order chi connectivity index (χ1) is 12.5. The molecule has 4 N–H and O–H groups in total. The van der Waals surface area contributed by atoms with E-state index in [1.165, 1.54) is 11.3 Å². The smallest absolute Gasteiger partial charge is 0.257 e. The molecule has 0 fully saturated rings. The summed E-state index contributed by atoms with van der Waals surface area (Å²) in [6.07, 6.45) is 3.20. The zero-order chi connectivity index (χ0) is 18.3. The SMILES string of the molecule is C[C@H]1CCc2[nH]c3c(C(=O)Nc4ccccc4C(N)=O)cccc3c2C1. The fourth-order valence-electron chi connectivity index (χ4n) is 3.80. The quantitative estimate of drug-likeness (QED) is 0.675. The van der Waals surface area contributed by atoms with Crippen LogP contribution in [0, 0.1) is 5.92 Å². The third kappa shape index (κ3) is 2.75. The van der Waals surface area contributed by atoms with Crippen molar-refractivity contribution in [1.29, 1.82) is 0 Å². The number of nitrogens with two attached hydrogens (primary N) is 1. The van der Waals surface area contributed by atoms with Crippen LogP contribution in [0.25, 0.3) is 10.9 Å². The third-order valence-electron chi connectivity index (χ3n) is 5.15. The highest BCUT2D eigenvalue weighted by atomic mass is 16.2. The lowest BCUT2D eigenvalue weighted by Crippen LogP contribution is -2.18. The number of nitrogens with one attached hydrogen (secondary N) is 2. The lowest BCUT2D eigenvalue weighted by molar-refractivity contribution is 0.100. The monoisotopic (exact) mass is 347 g/mol. The van der Waals surface area contributed by atoms with Crippen LogP contribution in [-0.2, 0) is 12.8 Å². The number of aryl methyl sites for hydroxylation is 1. The van der Waals surface area contributed by atoms with Crippen molar-refractivity contribution in [2.75, 3.05) is 5.32 Å². The minimum atomic E-state index is -0.566. The molecule has 5 heteroatoms. The molecule has 26 heavy (non-hydrogen) atoms. The third-order valence-corrected chi connectivity index (χ3v) is 5.15. The summed E-state index contributed by atoms with van der Waals surface area (Å²) in [6.45, 7) is 2.26. The van der Waals surface area contributed by atoms with E-state index in [2.05, 4.69) is 23.3 Å². The summed E-state index contributed by atoms with van der Waals surface area (Å²) in [4.78, 5) is 27.9. The minimum Gasteiger partial charge on any atom is -0.366 e. The van der Waals surface area contributed by atoms with E-state index in [-0.39, 0.29) is 5.91 Å². The standard InChI is InChI=1S/C21H21N3O2/c1-12-9-10-18-16(11-12)13-6-4-7-15(19(13)23-18)21(26)24-17-8-3-2-5-14(17)20(22)25/h2-8,12,23H,9-11H2,1H3,(H2,22,25)(H,24,26)/t12-/m0/s1. The maximum Gasteiger partial charge on any atom is 0.257 e. The summed E-state index contributed by atoms with van der Waals surface area (Å²) in [5, 5.41) is 3.94. The number of rotatable bonds is 3. The summed E-state index contributed by atoms with van der Waals surface area (Å²) < 4.78 is 0. The molecule has 1 atom stereocenters. The van der Waals surface area contributed by atoms with Crippen LogP contribution in [0.2, 0.25) is 0 Å². The molecular weight excluding hydrogens is 326 g/mol. The maximum atomic E-state index is 12.9. The van der Waals surface area contributed by atoms with Crippen LogP contribution in [0.4, 0.5) is 5.69 Å². The van der Waals surface area contributed by atoms with E-state index in [0.717, 1.165) is 30.2 Å². The molecule has 0 unspecified atom stereocenters. The van der Waals surface area contributed by atoms with Crippen molar-refractivity contribution in [2.45, 2.75) is 26.2 Å². The number of H-pyrrole nitrogens is 1. The number of hydrogen-bond donors (Lipinski definition) is 3. The van der Waals surface area contributed by atoms with Gasteiger partial charge in [-0.15, -0.1) is 0 Å². The number of anilines is 1. The van der Waals surface area contributed by atoms with E-state index in [4.69, 9.17) is 5.73 Å². The van der Waals surface area contributed by atoms with Gasteiger partial charge in [0.25, 0.3) is 11.8 Å². The summed E-state index contributed by atoms with van der Waals surface area (Å²) in [5.74, 6) is -0.166. The molecule has 5 nitrogen and oxygen atoms in total. The first-order valence-corrected chi connectivity index (χ1v) is 8.87. The fraction of sp³-hybridized carbons (Fsp3) is 0.238. The zero-order valence-electron chi connectivity index (χ0n) is 14.6. The molecule has 0 bridgehead atoms. The van der Waals surface area contributed by atoms with Crippen molar-refractivity contribution in [3.8, 4) is 0 Å². The maximum absolute atomic E-state index is 12.9. The Bertz CT molecular complexity index is 1020. The second kappa shape index (κ2) is 6.33. The van der Waals surface area contributed by atoms with Gasteiger partial charge in [-0.05, 0) is 48.9 Å². The van der Waals surface area contributed by atoms with E-state index in [0.29, 0.717) is 22.7 Å². The van der Waals surface area contributed by atoms with Gasteiger partial charge in [-0.1, -0.05) is 31.2 Å². The van der Waals surface area contributed by atoms with Gasteiger partial charge in [0.05, 0.1) is 22.3 Å². The Morgan fingerprint density at radius 3 is 2.69 bits per heavy atom. The van der Waals surface area contributed by atoms with Crippen LogP contribution < -0.4 is 11.1 Å². The van der Waals surface area contributed by atoms with Gasteiger partial charge in [0.1, 0.15) is 0 Å². The number of fused-ring (bicyclic) bond motifs is 3. The molecule has 2 aromatic carbocycles. The highest BCUT2D eigenvalue weighted by Crippen LogP contribution is 2.33. The van der Waals surface area contributed by atoms with Crippen LogP contribution in [-0.4, -0.2) is 16.8 Å². The molecule has 1 aliphatic carbocycles. The summed E-state index contributed by atoms with van der Waals surface area (Å²) in [6, 6.07) is 12.5. The first-order valence-electron chi connectivity index (χ1n) is 8.87. The average Bonchev–Trinajstić information content (AvgIpc) is 2.99. The Kier molecular flexibility index (Phi) is 3.99. The van der Waals surface area contributed by atoms with E-state index < -0.39 is 5.91 Å². The highest BCUT2D eigenvalue weighted by Gasteiger charge is 2.22. The summed E-state index contributed by atoms with van der Waals surface area (Å²) in [7, 11) is 0. The Balaban J connectivity index is 1.73. The highest BCUT2D eigenvalue weighted by molar-refractivity contribution is 6.14. The summed E-state index contributed by atoms with van der Waals surface area (Å²) in [5.41, 5.74) is 10.1. The van der Waals surface area contributed by atoms with Gasteiger partial charge in [0, 0.05) is 11.1 Å². The van der Waals surface area contributed by atoms with Crippen LogP contribution >= 0.6 is 0 Å². The van der Waals surface area contributed by atoms with Crippen molar-refractivity contribution >= 4 is 28.4 Å². The lowest BCUT2D eigenvalue weighted by atomic mass is 9.87. The van der Waals surface area contributed by atoms with Crippen LogP contribution in [0.1, 0.15) is 45.3 Å². The number of primary amides is 1. The van der Waals surface area contributed by atoms with Gasteiger partial charge in [0.15, 0.2) is 0 Å². The van der Waals surface area contributed by atoms with Gasteiger partial charge in [0.2, 0.25) is 0 Å². The normalized spacial score (nSPS) is 16.3. The predicted molar refractivity (Wildman–Crippen MR) is 102 cm³/mol. The van der Waals surface area contributed by atoms with Gasteiger partial charge in [-0.2, -0.15) is 0 Å². The number of benzene rings is 2. The average molecular weight is 347 g/mol. The number of aromatic nitrogens is 1. The molecule has 3 aromatic rings.